The summed E-state index contributed by atoms with van der Waals surface area (Å²) in [4.78, 5) is 32.9. The summed E-state index contributed by atoms with van der Waals surface area (Å²) in [6, 6.07) is 1.56. The van der Waals surface area contributed by atoms with E-state index < -0.39 is 0 Å². The van der Waals surface area contributed by atoms with Crippen molar-refractivity contribution in [3.63, 3.8) is 0 Å². The number of rotatable bonds is 2. The van der Waals surface area contributed by atoms with Crippen LogP contribution in [0.2, 0.25) is 0 Å². The fraction of sp³-hybridized carbons (Fsp3) is 0.200. The molecule has 2 aromatic heterocycles. The van der Waals surface area contributed by atoms with Crippen LogP contribution in [0.3, 0.4) is 0 Å². The molecule has 100 valence electrons. The van der Waals surface area contributed by atoms with Crippen LogP contribution in [0.1, 0.15) is 44.5 Å². The zero-order valence-electron chi connectivity index (χ0n) is 11.1. The smallest absolute Gasteiger partial charge is 0.214 e. The van der Waals surface area contributed by atoms with Crippen LogP contribution >= 0.6 is 0 Å². The quantitative estimate of drug-likeness (QED) is 0.710. The molecule has 5 nitrogen and oxygen atoms in total. The van der Waals surface area contributed by atoms with Crippen LogP contribution in [0.25, 0.3) is 0 Å². The molecule has 0 fully saturated rings. The first-order valence-electron chi connectivity index (χ1n) is 6.31. The van der Waals surface area contributed by atoms with Crippen LogP contribution in [-0.4, -0.2) is 28.1 Å². The third kappa shape index (κ3) is 1.63. The topological polar surface area (TPSA) is 69.2 Å². The van der Waals surface area contributed by atoms with Gasteiger partial charge in [0.15, 0.2) is 5.78 Å². The second kappa shape index (κ2) is 4.52. The Kier molecular flexibility index (Phi) is 2.82. The molecule has 0 unspecified atom stereocenters. The van der Waals surface area contributed by atoms with Gasteiger partial charge in [-0.05, 0) is 19.9 Å². The summed E-state index contributed by atoms with van der Waals surface area (Å²) in [5.41, 5.74) is 1.84. The molecule has 2 aromatic rings. The second-order valence-corrected chi connectivity index (χ2v) is 4.48. The standard InChI is InChI=1S/C15H12N2O3/c1-3-20-11-7-17-13-12(8(11)2)14(18)9-4-5-16-6-10(9)15(13)19/h4-7H,3H2,1-2H3. The van der Waals surface area contributed by atoms with Crippen molar-refractivity contribution in [1.29, 1.82) is 0 Å². The van der Waals surface area contributed by atoms with Crippen LogP contribution in [-0.2, 0) is 0 Å². The van der Waals surface area contributed by atoms with E-state index >= 15 is 0 Å². The number of fused-ring (bicyclic) bond motifs is 2. The highest BCUT2D eigenvalue weighted by atomic mass is 16.5. The van der Waals surface area contributed by atoms with Crippen LogP contribution in [0.5, 0.6) is 5.75 Å². The number of ketones is 2. The summed E-state index contributed by atoms with van der Waals surface area (Å²) in [7, 11) is 0. The van der Waals surface area contributed by atoms with Crippen LogP contribution in [0.4, 0.5) is 0 Å². The normalized spacial score (nSPS) is 12.9. The number of carbonyl (C=O) groups excluding carboxylic acids is 2. The lowest BCUT2D eigenvalue weighted by Gasteiger charge is -2.19. The van der Waals surface area contributed by atoms with Gasteiger partial charge in [-0.2, -0.15) is 0 Å². The Labute approximate surface area is 115 Å². The van der Waals surface area contributed by atoms with E-state index in [1.807, 2.05) is 6.92 Å². The average Bonchev–Trinajstić information content (AvgIpc) is 2.47. The van der Waals surface area contributed by atoms with Crippen molar-refractivity contribution in [1.82, 2.24) is 9.97 Å². The van der Waals surface area contributed by atoms with Gasteiger partial charge in [-0.15, -0.1) is 0 Å². The Morgan fingerprint density at radius 3 is 2.70 bits per heavy atom. The number of hydrogen-bond donors (Lipinski definition) is 0. The van der Waals surface area contributed by atoms with Crippen LogP contribution in [0, 0.1) is 6.92 Å². The van der Waals surface area contributed by atoms with Gasteiger partial charge >= 0.3 is 0 Å². The molecule has 0 bridgehead atoms. The van der Waals surface area contributed by atoms with Crippen molar-refractivity contribution >= 4 is 11.6 Å². The largest absolute Gasteiger partial charge is 0.492 e. The van der Waals surface area contributed by atoms with E-state index in [-0.39, 0.29) is 17.3 Å². The van der Waals surface area contributed by atoms with Gasteiger partial charge in [-0.3, -0.25) is 14.6 Å². The molecule has 0 saturated carbocycles. The molecule has 1 aliphatic rings. The third-order valence-corrected chi connectivity index (χ3v) is 3.34. The van der Waals surface area contributed by atoms with Crippen molar-refractivity contribution in [2.75, 3.05) is 6.61 Å². The van der Waals surface area contributed by atoms with E-state index in [9.17, 15) is 9.59 Å². The molecule has 20 heavy (non-hydrogen) atoms. The zero-order chi connectivity index (χ0) is 14.3. The number of hydrogen-bond acceptors (Lipinski definition) is 5. The molecule has 0 N–H and O–H groups in total. The number of ether oxygens (including phenoxy) is 1. The Balaban J connectivity index is 2.26. The van der Waals surface area contributed by atoms with Gasteiger partial charge in [0, 0.05) is 23.5 Å². The molecule has 0 radical (unpaired) electrons. The summed E-state index contributed by atoms with van der Waals surface area (Å²) in [5.74, 6) is 0.0577. The molecule has 0 amide bonds. The molecule has 2 heterocycles. The fourth-order valence-electron chi connectivity index (χ4n) is 2.37. The van der Waals surface area contributed by atoms with Crippen molar-refractivity contribution in [2.24, 2.45) is 0 Å². The lowest BCUT2D eigenvalue weighted by Crippen LogP contribution is -2.24. The maximum Gasteiger partial charge on any atom is 0.214 e. The Hall–Kier alpha value is -2.56. The molecule has 0 atom stereocenters. The number of aromatic nitrogens is 2. The lowest BCUT2D eigenvalue weighted by molar-refractivity contribution is 0.0974. The molecule has 5 heteroatoms. The third-order valence-electron chi connectivity index (χ3n) is 3.34. The molecular formula is C15H12N2O3. The lowest BCUT2D eigenvalue weighted by atomic mass is 9.86. The molecule has 0 aliphatic heterocycles. The summed E-state index contributed by atoms with van der Waals surface area (Å²) in [6.45, 7) is 4.10. The van der Waals surface area contributed by atoms with Crippen molar-refractivity contribution in [2.45, 2.75) is 13.8 Å². The highest BCUT2D eigenvalue weighted by Crippen LogP contribution is 2.31. The van der Waals surface area contributed by atoms with E-state index in [4.69, 9.17) is 4.74 Å². The Bertz CT molecular complexity index is 738. The van der Waals surface area contributed by atoms with E-state index in [2.05, 4.69) is 9.97 Å². The zero-order valence-corrected chi connectivity index (χ0v) is 11.1. The van der Waals surface area contributed by atoms with Gasteiger partial charge in [0.1, 0.15) is 11.4 Å². The van der Waals surface area contributed by atoms with Gasteiger partial charge in [-0.25, -0.2) is 4.98 Å². The minimum atomic E-state index is -0.270. The first-order valence-corrected chi connectivity index (χ1v) is 6.31. The van der Waals surface area contributed by atoms with Gasteiger partial charge < -0.3 is 4.74 Å². The molecule has 1 aliphatic carbocycles. The molecule has 0 aromatic carbocycles. The molecule has 3 rings (SSSR count). The molecular weight excluding hydrogens is 256 g/mol. The van der Waals surface area contributed by atoms with Crippen molar-refractivity contribution in [3.8, 4) is 5.75 Å². The number of nitrogens with zero attached hydrogens (tertiary/aromatic N) is 2. The maximum absolute atomic E-state index is 12.6. The molecule has 0 spiro atoms. The Morgan fingerprint density at radius 2 is 1.95 bits per heavy atom. The first kappa shape index (κ1) is 12.5. The van der Waals surface area contributed by atoms with Gasteiger partial charge in [0.05, 0.1) is 23.9 Å². The maximum atomic E-state index is 12.6. The van der Waals surface area contributed by atoms with E-state index in [1.54, 1.807) is 13.0 Å². The minimum absolute atomic E-state index is 0.177. The Morgan fingerprint density at radius 1 is 1.15 bits per heavy atom. The van der Waals surface area contributed by atoms with Gasteiger partial charge in [0.25, 0.3) is 0 Å². The van der Waals surface area contributed by atoms with Gasteiger partial charge in [-0.1, -0.05) is 0 Å². The number of pyridine rings is 2. The van der Waals surface area contributed by atoms with E-state index in [1.165, 1.54) is 18.6 Å². The predicted octanol–water partition coefficient (Wildman–Crippen LogP) is 1.96. The first-order chi connectivity index (χ1) is 9.65. The van der Waals surface area contributed by atoms with E-state index in [0.29, 0.717) is 34.6 Å². The van der Waals surface area contributed by atoms with E-state index in [0.717, 1.165) is 0 Å². The van der Waals surface area contributed by atoms with Crippen molar-refractivity contribution < 1.29 is 14.3 Å². The van der Waals surface area contributed by atoms with Crippen LogP contribution < -0.4 is 4.74 Å². The minimum Gasteiger partial charge on any atom is -0.492 e. The summed E-state index contributed by atoms with van der Waals surface area (Å²) in [5, 5.41) is 0. The predicted molar refractivity (Wildman–Crippen MR) is 71.2 cm³/mol. The number of carbonyl (C=O) groups is 2. The summed E-state index contributed by atoms with van der Waals surface area (Å²) in [6.07, 6.45) is 4.40. The van der Waals surface area contributed by atoms with Crippen LogP contribution in [0.15, 0.2) is 24.7 Å². The summed E-state index contributed by atoms with van der Waals surface area (Å²) >= 11 is 0. The second-order valence-electron chi connectivity index (χ2n) is 4.48. The highest BCUT2D eigenvalue weighted by molar-refractivity contribution is 6.28. The molecule has 0 saturated heterocycles. The summed E-state index contributed by atoms with van der Waals surface area (Å²) < 4.78 is 5.44. The SMILES string of the molecule is CCOc1cnc2c(c1C)C(=O)c1ccncc1C2=O. The highest BCUT2D eigenvalue weighted by Gasteiger charge is 2.33. The van der Waals surface area contributed by atoms with Gasteiger partial charge in [0.2, 0.25) is 5.78 Å². The fourth-order valence-corrected chi connectivity index (χ4v) is 2.37. The monoisotopic (exact) mass is 268 g/mol. The van der Waals surface area contributed by atoms with Crippen molar-refractivity contribution in [3.05, 3.63) is 52.6 Å². The average molecular weight is 268 g/mol.